The largest absolute Gasteiger partial charge is 0.341 e. The maximum absolute atomic E-state index is 12.8. The topological polar surface area (TPSA) is 46.9 Å². The van der Waals surface area contributed by atoms with Crippen molar-refractivity contribution < 1.29 is 4.79 Å². The Morgan fingerprint density at radius 2 is 1.63 bits per heavy atom. The average Bonchev–Trinajstić information content (AvgIpc) is 3.13. The van der Waals surface area contributed by atoms with Gasteiger partial charge in [-0.2, -0.15) is 0 Å². The Bertz CT molecular complexity index is 1350. The first kappa shape index (κ1) is 18.1. The molecule has 0 radical (unpaired) electrons. The van der Waals surface area contributed by atoms with Crippen molar-refractivity contribution in [3.63, 3.8) is 0 Å². The van der Waals surface area contributed by atoms with Gasteiger partial charge in [0.2, 0.25) is 0 Å². The van der Waals surface area contributed by atoms with Crippen molar-refractivity contribution in [2.75, 3.05) is 5.32 Å². The van der Waals surface area contributed by atoms with E-state index in [4.69, 9.17) is 0 Å². The van der Waals surface area contributed by atoms with E-state index in [0.29, 0.717) is 5.56 Å². The molecular weight excluding hydrogens is 370 g/mol. The fourth-order valence-electron chi connectivity index (χ4n) is 4.00. The SMILES string of the molecule is CCn1c2ccccc2c2cc(NC(=O)c3ccc(-c4ccccn4)cc3)ccc21. The number of fused-ring (bicyclic) bond motifs is 3. The molecule has 0 aliphatic heterocycles. The number of nitrogens with one attached hydrogen (secondary N) is 1. The number of hydrogen-bond donors (Lipinski definition) is 1. The third kappa shape index (κ3) is 3.12. The number of amides is 1. The summed E-state index contributed by atoms with van der Waals surface area (Å²) >= 11 is 0. The van der Waals surface area contributed by atoms with Crippen LogP contribution in [0.5, 0.6) is 0 Å². The molecule has 0 saturated carbocycles. The third-order valence-corrected chi connectivity index (χ3v) is 5.45. The summed E-state index contributed by atoms with van der Waals surface area (Å²) in [4.78, 5) is 17.1. The first-order chi connectivity index (χ1) is 14.7. The molecule has 30 heavy (non-hydrogen) atoms. The minimum atomic E-state index is -0.124. The predicted octanol–water partition coefficient (Wildman–Crippen LogP) is 6.13. The molecule has 4 heteroatoms. The smallest absolute Gasteiger partial charge is 0.255 e. The third-order valence-electron chi connectivity index (χ3n) is 5.45. The molecule has 0 fully saturated rings. The van der Waals surface area contributed by atoms with Crippen molar-refractivity contribution in [2.45, 2.75) is 13.5 Å². The van der Waals surface area contributed by atoms with Crippen LogP contribution in [0.25, 0.3) is 33.1 Å². The molecule has 0 aliphatic carbocycles. The number of benzene rings is 3. The summed E-state index contributed by atoms with van der Waals surface area (Å²) in [6, 6.07) is 27.8. The Labute approximate surface area is 174 Å². The number of nitrogens with zero attached hydrogens (tertiary/aromatic N) is 2. The highest BCUT2D eigenvalue weighted by molar-refractivity contribution is 6.11. The summed E-state index contributed by atoms with van der Waals surface area (Å²) in [5.41, 5.74) is 5.68. The summed E-state index contributed by atoms with van der Waals surface area (Å²) in [5.74, 6) is -0.124. The molecule has 0 aliphatic rings. The first-order valence-electron chi connectivity index (χ1n) is 10.1. The van der Waals surface area contributed by atoms with Crippen molar-refractivity contribution in [2.24, 2.45) is 0 Å². The van der Waals surface area contributed by atoms with Crippen molar-refractivity contribution in [1.82, 2.24) is 9.55 Å². The van der Waals surface area contributed by atoms with E-state index in [1.807, 2.05) is 48.5 Å². The van der Waals surface area contributed by atoms with Gasteiger partial charge in [0.25, 0.3) is 5.91 Å². The zero-order chi connectivity index (χ0) is 20.5. The molecule has 5 aromatic rings. The fraction of sp³-hybridized carbons (Fsp3) is 0.0769. The normalized spacial score (nSPS) is 11.1. The van der Waals surface area contributed by atoms with Gasteiger partial charge in [-0.3, -0.25) is 9.78 Å². The van der Waals surface area contributed by atoms with Crippen LogP contribution in [0.1, 0.15) is 17.3 Å². The molecule has 0 bridgehead atoms. The highest BCUT2D eigenvalue weighted by atomic mass is 16.1. The number of carbonyl (C=O) groups is 1. The number of rotatable bonds is 4. The van der Waals surface area contributed by atoms with Gasteiger partial charge in [0.1, 0.15) is 0 Å². The van der Waals surface area contributed by atoms with Gasteiger partial charge in [-0.25, -0.2) is 0 Å². The van der Waals surface area contributed by atoms with Crippen molar-refractivity contribution in [3.05, 3.63) is 96.7 Å². The van der Waals surface area contributed by atoms with Gasteiger partial charge in [-0.1, -0.05) is 36.4 Å². The van der Waals surface area contributed by atoms with Crippen LogP contribution >= 0.6 is 0 Å². The van der Waals surface area contributed by atoms with E-state index in [0.717, 1.165) is 28.9 Å². The van der Waals surface area contributed by atoms with Crippen LogP contribution in [0.4, 0.5) is 5.69 Å². The van der Waals surface area contributed by atoms with Gasteiger partial charge in [0.15, 0.2) is 0 Å². The molecule has 0 atom stereocenters. The Kier molecular flexibility index (Phi) is 4.52. The number of carbonyl (C=O) groups excluding carboxylic acids is 1. The Morgan fingerprint density at radius 3 is 2.40 bits per heavy atom. The van der Waals surface area contributed by atoms with Crippen LogP contribution in [0.15, 0.2) is 91.1 Å². The predicted molar refractivity (Wildman–Crippen MR) is 123 cm³/mol. The Hall–Kier alpha value is -3.92. The van der Waals surface area contributed by atoms with Crippen molar-refractivity contribution in [1.29, 1.82) is 0 Å². The standard InChI is InChI=1S/C26H21N3O/c1-2-29-24-9-4-3-7-21(24)22-17-20(14-15-25(22)29)28-26(30)19-12-10-18(11-13-19)23-8-5-6-16-27-23/h3-17H,2H2,1H3,(H,28,30). The number of anilines is 1. The number of para-hydroxylation sites is 1. The maximum Gasteiger partial charge on any atom is 0.255 e. The molecule has 1 N–H and O–H groups in total. The highest BCUT2D eigenvalue weighted by Gasteiger charge is 2.12. The van der Waals surface area contributed by atoms with E-state index in [-0.39, 0.29) is 5.91 Å². The Morgan fingerprint density at radius 1 is 0.867 bits per heavy atom. The van der Waals surface area contributed by atoms with Gasteiger partial charge < -0.3 is 9.88 Å². The molecule has 3 aromatic carbocycles. The van der Waals surface area contributed by atoms with Gasteiger partial charge in [-0.05, 0) is 55.5 Å². The minimum absolute atomic E-state index is 0.124. The van der Waals surface area contributed by atoms with Crippen LogP contribution in [-0.2, 0) is 6.54 Å². The zero-order valence-corrected chi connectivity index (χ0v) is 16.7. The lowest BCUT2D eigenvalue weighted by Crippen LogP contribution is -2.11. The first-order valence-corrected chi connectivity index (χ1v) is 10.1. The molecule has 0 spiro atoms. The van der Waals surface area contributed by atoms with Crippen LogP contribution < -0.4 is 5.32 Å². The van der Waals surface area contributed by atoms with Crippen LogP contribution in [-0.4, -0.2) is 15.5 Å². The molecule has 2 aromatic heterocycles. The van der Waals surface area contributed by atoms with Crippen LogP contribution in [0, 0.1) is 0 Å². The monoisotopic (exact) mass is 391 g/mol. The molecule has 4 nitrogen and oxygen atoms in total. The van der Waals surface area contributed by atoms with Crippen LogP contribution in [0.3, 0.4) is 0 Å². The van der Waals surface area contributed by atoms with E-state index in [9.17, 15) is 4.79 Å². The second-order valence-electron chi connectivity index (χ2n) is 7.24. The second-order valence-corrected chi connectivity index (χ2v) is 7.24. The van der Waals surface area contributed by atoms with Gasteiger partial charge in [-0.15, -0.1) is 0 Å². The second kappa shape index (κ2) is 7.48. The molecular formula is C26H21N3O. The lowest BCUT2D eigenvalue weighted by molar-refractivity contribution is 0.102. The fourth-order valence-corrected chi connectivity index (χ4v) is 4.00. The van der Waals surface area contributed by atoms with E-state index in [1.54, 1.807) is 6.20 Å². The lowest BCUT2D eigenvalue weighted by atomic mass is 10.1. The maximum atomic E-state index is 12.8. The molecule has 0 unspecified atom stereocenters. The number of hydrogen-bond acceptors (Lipinski definition) is 2. The van der Waals surface area contributed by atoms with Crippen molar-refractivity contribution in [3.8, 4) is 11.3 Å². The highest BCUT2D eigenvalue weighted by Crippen LogP contribution is 2.31. The molecule has 146 valence electrons. The summed E-state index contributed by atoms with van der Waals surface area (Å²) in [6.45, 7) is 3.05. The van der Waals surface area contributed by atoms with E-state index in [1.165, 1.54) is 16.4 Å². The number of aromatic nitrogens is 2. The summed E-state index contributed by atoms with van der Waals surface area (Å²) < 4.78 is 2.30. The van der Waals surface area contributed by atoms with Gasteiger partial charge in [0, 0.05) is 51.4 Å². The van der Waals surface area contributed by atoms with Crippen LogP contribution in [0.2, 0.25) is 0 Å². The zero-order valence-electron chi connectivity index (χ0n) is 16.7. The summed E-state index contributed by atoms with van der Waals surface area (Å²) in [6.07, 6.45) is 1.77. The molecule has 2 heterocycles. The van der Waals surface area contributed by atoms with Gasteiger partial charge >= 0.3 is 0 Å². The Balaban J connectivity index is 1.44. The minimum Gasteiger partial charge on any atom is -0.341 e. The van der Waals surface area contributed by atoms with E-state index in [2.05, 4.69) is 58.2 Å². The molecule has 5 rings (SSSR count). The molecule has 1 amide bonds. The quantitative estimate of drug-likeness (QED) is 0.401. The van der Waals surface area contributed by atoms with E-state index < -0.39 is 0 Å². The number of pyridine rings is 1. The van der Waals surface area contributed by atoms with Crippen molar-refractivity contribution >= 4 is 33.4 Å². The van der Waals surface area contributed by atoms with Gasteiger partial charge in [0.05, 0.1) is 5.69 Å². The van der Waals surface area contributed by atoms with E-state index >= 15 is 0 Å². The summed E-state index contributed by atoms with van der Waals surface area (Å²) in [7, 11) is 0. The molecule has 0 saturated heterocycles. The average molecular weight is 391 g/mol. The number of aryl methyl sites for hydroxylation is 1. The lowest BCUT2D eigenvalue weighted by Gasteiger charge is -2.08. The summed E-state index contributed by atoms with van der Waals surface area (Å²) in [5, 5.41) is 5.39.